The van der Waals surface area contributed by atoms with Crippen molar-refractivity contribution >= 4 is 11.2 Å². The molecule has 1 heterocycles. The molecular formula is C16H21N2O2S+. The number of nitrogens with zero attached hydrogens (tertiary/aromatic N) is 1. The van der Waals surface area contributed by atoms with Gasteiger partial charge >= 0.3 is 0 Å². The second kappa shape index (κ2) is 5.93. The van der Waals surface area contributed by atoms with E-state index in [1.165, 1.54) is 0 Å². The van der Waals surface area contributed by atoms with Crippen LogP contribution in [0.25, 0.3) is 11.3 Å². The summed E-state index contributed by atoms with van der Waals surface area (Å²) in [6, 6.07) is 9.36. The fourth-order valence-corrected chi connectivity index (χ4v) is 2.38. The van der Waals surface area contributed by atoms with Gasteiger partial charge in [-0.3, -0.25) is 8.98 Å². The van der Waals surface area contributed by atoms with Crippen molar-refractivity contribution in [3.05, 3.63) is 46.2 Å². The zero-order chi connectivity index (χ0) is 15.6. The Bertz CT molecular complexity index is 672. The summed E-state index contributed by atoms with van der Waals surface area (Å²) in [5, 5.41) is 6.57. The second-order valence-corrected chi connectivity index (χ2v) is 8.24. The van der Waals surface area contributed by atoms with Crippen LogP contribution in [0.2, 0.25) is 0 Å². The number of rotatable bonds is 3. The van der Waals surface area contributed by atoms with Gasteiger partial charge in [-0.1, -0.05) is 0 Å². The minimum absolute atomic E-state index is 0.121. The molecule has 1 unspecified atom stereocenters. The first kappa shape index (κ1) is 15.6. The van der Waals surface area contributed by atoms with E-state index in [1.54, 1.807) is 6.07 Å². The molecule has 0 fully saturated rings. The van der Waals surface area contributed by atoms with Gasteiger partial charge < -0.3 is 0 Å². The van der Waals surface area contributed by atoms with E-state index < -0.39 is 0 Å². The molecule has 0 saturated heterocycles. The maximum absolute atomic E-state index is 11.2. The molecule has 5 heteroatoms. The summed E-state index contributed by atoms with van der Waals surface area (Å²) in [5.74, 6) is 0.849. The van der Waals surface area contributed by atoms with Crippen LogP contribution in [-0.2, 0) is 11.2 Å². The van der Waals surface area contributed by atoms with E-state index in [0.717, 1.165) is 22.6 Å². The lowest BCUT2D eigenvalue weighted by atomic mass is 10.1. The molecule has 0 aliphatic carbocycles. The molecule has 0 bridgehead atoms. The number of nitrogens with one attached hydrogen (secondary N) is 1. The average Bonchev–Trinajstić information content (AvgIpc) is 2.39. The largest absolute Gasteiger partial charge is 0.286 e. The zero-order valence-corrected chi connectivity index (χ0v) is 13.9. The number of hydrogen-bond donors (Lipinski definition) is 1. The number of H-pyrrole nitrogens is 1. The summed E-state index contributed by atoms with van der Waals surface area (Å²) >= 11 is -0.160. The predicted octanol–water partition coefficient (Wildman–Crippen LogP) is 3.09. The van der Waals surface area contributed by atoms with Gasteiger partial charge in [0.25, 0.3) is 5.56 Å². The van der Waals surface area contributed by atoms with Crippen molar-refractivity contribution in [3.63, 3.8) is 0 Å². The van der Waals surface area contributed by atoms with Crippen molar-refractivity contribution in [3.8, 4) is 17.0 Å². The first-order valence-corrected chi connectivity index (χ1v) is 8.34. The van der Waals surface area contributed by atoms with E-state index in [4.69, 9.17) is 4.18 Å². The molecule has 0 saturated carbocycles. The van der Waals surface area contributed by atoms with Crippen LogP contribution in [0, 0.1) is 6.92 Å². The molecule has 1 aromatic carbocycles. The monoisotopic (exact) mass is 305 g/mol. The Labute approximate surface area is 128 Å². The molecular weight excluding hydrogens is 284 g/mol. The van der Waals surface area contributed by atoms with Crippen molar-refractivity contribution in [2.24, 2.45) is 0 Å². The molecule has 0 aliphatic heterocycles. The fourth-order valence-electron chi connectivity index (χ4n) is 1.73. The third kappa shape index (κ3) is 3.88. The van der Waals surface area contributed by atoms with Crippen molar-refractivity contribution in [1.29, 1.82) is 0 Å². The maximum atomic E-state index is 11.2. The van der Waals surface area contributed by atoms with Crippen LogP contribution >= 0.6 is 0 Å². The lowest BCUT2D eigenvalue weighted by Gasteiger charge is -2.16. The molecule has 0 radical (unpaired) electrons. The Kier molecular flexibility index (Phi) is 4.42. The summed E-state index contributed by atoms with van der Waals surface area (Å²) in [6.45, 7) is 8.37. The van der Waals surface area contributed by atoms with Crippen LogP contribution in [0.4, 0.5) is 0 Å². The van der Waals surface area contributed by atoms with Crippen LogP contribution in [0.5, 0.6) is 5.75 Å². The lowest BCUT2D eigenvalue weighted by molar-refractivity contribution is 0.594. The van der Waals surface area contributed by atoms with E-state index in [0.29, 0.717) is 0 Å². The molecule has 4 nitrogen and oxygen atoms in total. The molecule has 0 aliphatic rings. The highest BCUT2D eigenvalue weighted by atomic mass is 32.2. The molecule has 2 aromatic rings. The van der Waals surface area contributed by atoms with Crippen molar-refractivity contribution in [2.75, 3.05) is 6.26 Å². The van der Waals surface area contributed by atoms with Gasteiger partial charge in [-0.2, -0.15) is 5.10 Å². The quantitative estimate of drug-likeness (QED) is 0.887. The van der Waals surface area contributed by atoms with Crippen molar-refractivity contribution in [1.82, 2.24) is 10.2 Å². The van der Waals surface area contributed by atoms with Gasteiger partial charge in [-0.15, -0.1) is 0 Å². The van der Waals surface area contributed by atoms with E-state index >= 15 is 0 Å². The Hall–Kier alpha value is -1.75. The first-order chi connectivity index (χ1) is 9.77. The predicted molar refractivity (Wildman–Crippen MR) is 88.7 cm³/mol. The van der Waals surface area contributed by atoms with Gasteiger partial charge in [0.15, 0.2) is 21.7 Å². The number of aromatic nitrogens is 2. The van der Waals surface area contributed by atoms with Crippen LogP contribution in [-0.4, -0.2) is 21.2 Å². The van der Waals surface area contributed by atoms with E-state index in [9.17, 15) is 4.79 Å². The molecule has 112 valence electrons. The van der Waals surface area contributed by atoms with Gasteiger partial charge in [0.2, 0.25) is 0 Å². The van der Waals surface area contributed by atoms with Gasteiger partial charge in [-0.05, 0) is 57.5 Å². The first-order valence-electron chi connectivity index (χ1n) is 6.78. The van der Waals surface area contributed by atoms with Crippen molar-refractivity contribution in [2.45, 2.75) is 32.4 Å². The molecule has 0 spiro atoms. The Balaban J connectivity index is 2.21. The molecule has 1 N–H and O–H groups in total. The molecule has 1 aromatic heterocycles. The average molecular weight is 305 g/mol. The van der Waals surface area contributed by atoms with Crippen LogP contribution in [0.1, 0.15) is 26.3 Å². The molecule has 21 heavy (non-hydrogen) atoms. The highest BCUT2D eigenvalue weighted by Crippen LogP contribution is 2.25. The maximum Gasteiger partial charge on any atom is 0.264 e. The Morgan fingerprint density at radius 2 is 1.81 bits per heavy atom. The lowest BCUT2D eigenvalue weighted by Crippen LogP contribution is -2.31. The van der Waals surface area contributed by atoms with E-state index in [2.05, 4.69) is 37.2 Å². The van der Waals surface area contributed by atoms with E-state index in [1.807, 2.05) is 31.2 Å². The second-order valence-electron chi connectivity index (χ2n) is 5.94. The number of benzene rings is 1. The number of aromatic amines is 1. The topological polar surface area (TPSA) is 55.0 Å². The number of aryl methyl sites for hydroxylation is 1. The Morgan fingerprint density at radius 3 is 2.33 bits per heavy atom. The third-order valence-corrected chi connectivity index (χ3v) is 5.38. The minimum Gasteiger partial charge on any atom is -0.286 e. The van der Waals surface area contributed by atoms with Crippen LogP contribution in [0.15, 0.2) is 35.1 Å². The normalized spacial score (nSPS) is 13.0. The van der Waals surface area contributed by atoms with Crippen molar-refractivity contribution < 1.29 is 4.18 Å². The molecule has 1 atom stereocenters. The fraction of sp³-hybridized carbons (Fsp3) is 0.375. The Morgan fingerprint density at radius 1 is 1.19 bits per heavy atom. The summed E-state index contributed by atoms with van der Waals surface area (Å²) in [6.07, 6.45) is 2.10. The zero-order valence-electron chi connectivity index (χ0n) is 13.1. The van der Waals surface area contributed by atoms with Crippen LogP contribution in [0.3, 0.4) is 0 Å². The van der Waals surface area contributed by atoms with E-state index in [-0.39, 0.29) is 21.5 Å². The summed E-state index contributed by atoms with van der Waals surface area (Å²) in [5.41, 5.74) is 2.42. The summed E-state index contributed by atoms with van der Waals surface area (Å²) in [4.78, 5) is 11.2. The van der Waals surface area contributed by atoms with Gasteiger partial charge in [0, 0.05) is 11.6 Å². The third-order valence-electron chi connectivity index (χ3n) is 3.21. The summed E-state index contributed by atoms with van der Waals surface area (Å²) < 4.78 is 6.09. The summed E-state index contributed by atoms with van der Waals surface area (Å²) in [7, 11) is 0. The molecule has 2 rings (SSSR count). The minimum atomic E-state index is -0.184. The highest BCUT2D eigenvalue weighted by Gasteiger charge is 2.33. The van der Waals surface area contributed by atoms with Gasteiger partial charge in [0.1, 0.15) is 6.26 Å². The van der Waals surface area contributed by atoms with Gasteiger partial charge in [-0.25, -0.2) is 5.10 Å². The smallest absolute Gasteiger partial charge is 0.264 e. The number of hydrogen-bond acceptors (Lipinski definition) is 3. The van der Waals surface area contributed by atoms with Crippen LogP contribution < -0.4 is 9.74 Å². The SMILES string of the molecule is Cc1cc(=O)[nH]nc1-c1ccc(O[S+](C)C(C)(C)C)cc1. The standard InChI is InChI=1S/C16H20N2O2S/c1-11-10-14(19)17-18-15(11)12-6-8-13(9-7-12)20-21(5)16(2,3)4/h6-10H,1-5H3/p+1. The highest BCUT2D eigenvalue weighted by molar-refractivity contribution is 7.93. The van der Waals surface area contributed by atoms with Gasteiger partial charge in [0.05, 0.1) is 5.69 Å². The molecule has 0 amide bonds.